The zero-order valence-electron chi connectivity index (χ0n) is 16.6. The van der Waals surface area contributed by atoms with Gasteiger partial charge in [-0.2, -0.15) is 15.1 Å². The maximum absolute atomic E-state index is 14.1. The van der Waals surface area contributed by atoms with Gasteiger partial charge in [-0.1, -0.05) is 18.2 Å². The van der Waals surface area contributed by atoms with E-state index in [9.17, 15) is 4.39 Å². The quantitative estimate of drug-likeness (QED) is 0.341. The summed E-state index contributed by atoms with van der Waals surface area (Å²) in [5.41, 5.74) is 8.74. The van der Waals surface area contributed by atoms with Crippen molar-refractivity contribution in [1.82, 2.24) is 19.7 Å². The third-order valence-electron chi connectivity index (χ3n) is 5.12. The van der Waals surface area contributed by atoms with Gasteiger partial charge >= 0.3 is 0 Å². The molecule has 0 bridgehead atoms. The lowest BCUT2D eigenvalue weighted by Gasteiger charge is -2.21. The summed E-state index contributed by atoms with van der Waals surface area (Å²) < 4.78 is 21.8. The monoisotopic (exact) mass is 538 g/mol. The molecule has 1 aliphatic rings. The summed E-state index contributed by atoms with van der Waals surface area (Å²) >= 11 is 6.63. The second-order valence-electron chi connectivity index (χ2n) is 7.41. The molecule has 2 aromatic heterocycles. The first-order valence-corrected chi connectivity index (χ1v) is 10.7. The summed E-state index contributed by atoms with van der Waals surface area (Å²) in [6, 6.07) is 6.58. The van der Waals surface area contributed by atoms with Crippen LogP contribution in [0.2, 0.25) is 0 Å². The lowest BCUT2D eigenvalue weighted by atomic mass is 9.85. The van der Waals surface area contributed by atoms with E-state index in [4.69, 9.17) is 10.5 Å². The van der Waals surface area contributed by atoms with Crippen LogP contribution in [0.1, 0.15) is 30.7 Å². The molecule has 0 saturated heterocycles. The number of anilines is 2. The molecule has 3 N–H and O–H groups in total. The molecule has 4 rings (SSSR count). The van der Waals surface area contributed by atoms with Gasteiger partial charge in [-0.25, -0.2) is 9.07 Å². The number of fused-ring (bicyclic) bond motifs is 1. The van der Waals surface area contributed by atoms with E-state index < -0.39 is 5.41 Å². The van der Waals surface area contributed by atoms with Crippen LogP contribution in [0.5, 0.6) is 5.75 Å². The summed E-state index contributed by atoms with van der Waals surface area (Å²) in [7, 11) is 1.54. The Labute approximate surface area is 192 Å². The molecule has 3 aromatic rings. The Bertz CT molecular complexity index is 1170. The molecule has 0 saturated carbocycles. The summed E-state index contributed by atoms with van der Waals surface area (Å²) in [6.45, 7) is 4.08. The third-order valence-corrected chi connectivity index (χ3v) is 5.88. The number of methoxy groups -OCH3 is 1. The molecule has 1 aromatic carbocycles. The highest BCUT2D eigenvalue weighted by atomic mass is 127. The number of allylic oxidation sites excluding steroid dienone is 1. The van der Waals surface area contributed by atoms with Crippen LogP contribution in [0.15, 0.2) is 39.1 Å². The van der Waals surface area contributed by atoms with E-state index in [1.807, 2.05) is 13.8 Å². The number of nitrogen functional groups attached to an aromatic ring is 1. The average molecular weight is 538 g/mol. The largest absolute Gasteiger partial charge is 0.493 e. The normalized spacial score (nSPS) is 16.2. The lowest BCUT2D eigenvalue weighted by molar-refractivity contribution is 0.410. The second-order valence-corrected chi connectivity index (χ2v) is 9.78. The van der Waals surface area contributed by atoms with Gasteiger partial charge < -0.3 is 15.8 Å². The van der Waals surface area contributed by atoms with E-state index in [1.165, 1.54) is 10.7 Å². The van der Waals surface area contributed by atoms with Crippen LogP contribution in [-0.4, -0.2) is 26.9 Å². The van der Waals surface area contributed by atoms with Crippen LogP contribution in [0.3, 0.4) is 0 Å². The fourth-order valence-electron chi connectivity index (χ4n) is 3.60. The number of hydrogen-bond donors (Lipinski definition) is 3. The van der Waals surface area contributed by atoms with Gasteiger partial charge in [0.05, 0.1) is 16.2 Å². The Morgan fingerprint density at radius 2 is 2.07 bits per heavy atom. The molecule has 0 radical (unpaired) electrons. The smallest absolute Gasteiger partial charge is 0.254 e. The highest BCUT2D eigenvalue weighted by Crippen LogP contribution is 2.47. The summed E-state index contributed by atoms with van der Waals surface area (Å²) in [5.74, 6) is 1.49. The van der Waals surface area contributed by atoms with Gasteiger partial charge in [-0.3, -0.25) is 0 Å². The first-order valence-electron chi connectivity index (χ1n) is 9.13. The predicted molar refractivity (Wildman–Crippen MR) is 126 cm³/mol. The van der Waals surface area contributed by atoms with E-state index in [2.05, 4.69) is 55.6 Å². The van der Waals surface area contributed by atoms with Gasteiger partial charge in [-0.15, -0.1) is 12.6 Å². The van der Waals surface area contributed by atoms with E-state index in [1.54, 1.807) is 31.5 Å². The van der Waals surface area contributed by atoms with Crippen LogP contribution in [-0.2, 0) is 11.8 Å². The Morgan fingerprint density at radius 3 is 2.73 bits per heavy atom. The van der Waals surface area contributed by atoms with Crippen molar-refractivity contribution in [3.8, 4) is 11.7 Å². The van der Waals surface area contributed by atoms with E-state index >= 15 is 0 Å². The minimum Gasteiger partial charge on any atom is -0.493 e. The van der Waals surface area contributed by atoms with Crippen LogP contribution in [0, 0.1) is 5.82 Å². The maximum Gasteiger partial charge on any atom is 0.254 e. The molecule has 0 spiro atoms. The van der Waals surface area contributed by atoms with E-state index in [0.29, 0.717) is 34.6 Å². The fraction of sp³-hybridized carbons (Fsp3) is 0.250. The number of benzene rings is 1. The molecule has 156 valence electrons. The van der Waals surface area contributed by atoms with E-state index in [-0.39, 0.29) is 12.2 Å². The number of nitrogens with one attached hydrogen (secondary N) is 1. The predicted octanol–water partition coefficient (Wildman–Crippen LogP) is 4.22. The summed E-state index contributed by atoms with van der Waals surface area (Å²) in [5, 5.41) is 7.83. The van der Waals surface area contributed by atoms with E-state index in [0.717, 1.165) is 14.2 Å². The second kappa shape index (κ2) is 7.73. The molecule has 10 heteroatoms. The summed E-state index contributed by atoms with van der Waals surface area (Å²) in [4.78, 5) is 9.09. The molecule has 0 aliphatic carbocycles. The molecule has 0 amide bonds. The SMILES string of the molecule is COc1cn(-c2nc(N)c3c(n2)N/C(=C(/S)I)C3(C)C)nc1Cc1ccccc1F. The fourth-order valence-corrected chi connectivity index (χ4v) is 4.74. The zero-order valence-corrected chi connectivity index (χ0v) is 19.6. The van der Waals surface area contributed by atoms with Crippen LogP contribution >= 0.6 is 35.2 Å². The molecule has 30 heavy (non-hydrogen) atoms. The van der Waals surface area contributed by atoms with Gasteiger partial charge in [0.15, 0.2) is 5.75 Å². The number of nitrogens with two attached hydrogens (primary N) is 1. The van der Waals surface area contributed by atoms with Crippen molar-refractivity contribution in [2.24, 2.45) is 0 Å². The highest BCUT2D eigenvalue weighted by molar-refractivity contribution is 14.1. The Hall–Kier alpha value is -2.34. The van der Waals surface area contributed by atoms with Crippen LogP contribution in [0.4, 0.5) is 16.0 Å². The van der Waals surface area contributed by atoms with Gasteiger partial charge in [0, 0.05) is 23.1 Å². The molecule has 0 unspecified atom stereocenters. The van der Waals surface area contributed by atoms with Gasteiger partial charge in [0.25, 0.3) is 5.95 Å². The highest BCUT2D eigenvalue weighted by Gasteiger charge is 2.40. The van der Waals surface area contributed by atoms with Gasteiger partial charge in [0.2, 0.25) is 0 Å². The number of halogens is 2. The first kappa shape index (κ1) is 20.9. The Balaban J connectivity index is 1.76. The molecule has 1 aliphatic heterocycles. The standard InChI is InChI=1S/C20H20FIN6OS/c1-20(2)14-17(23)25-19(26-18(14)24-15(20)16(22)30)28-9-13(29-3)12(27-28)8-10-6-4-5-7-11(10)21/h4-7,9,30H,8H2,1-3H3,(H3,23,24,25,26)/b16-15+. The Kier molecular flexibility index (Phi) is 5.39. The first-order chi connectivity index (χ1) is 14.2. The van der Waals surface area contributed by atoms with Crippen LogP contribution in [0.25, 0.3) is 5.95 Å². The molecule has 0 atom stereocenters. The van der Waals surface area contributed by atoms with Crippen molar-refractivity contribution >= 4 is 46.9 Å². The van der Waals surface area contributed by atoms with Crippen molar-refractivity contribution in [3.63, 3.8) is 0 Å². The maximum atomic E-state index is 14.1. The third kappa shape index (κ3) is 3.51. The summed E-state index contributed by atoms with van der Waals surface area (Å²) in [6.07, 6.45) is 1.94. The van der Waals surface area contributed by atoms with Gasteiger partial charge in [-0.05, 0) is 48.1 Å². The number of nitrogens with zero attached hydrogens (tertiary/aromatic N) is 4. The molecule has 0 fully saturated rings. The van der Waals surface area contributed by atoms with Gasteiger partial charge in [0.1, 0.15) is 23.1 Å². The number of ether oxygens (including phenoxy) is 1. The van der Waals surface area contributed by atoms with Crippen LogP contribution < -0.4 is 15.8 Å². The average Bonchev–Trinajstić information content (AvgIpc) is 3.21. The number of rotatable bonds is 4. The van der Waals surface area contributed by atoms with Crippen molar-refractivity contribution in [2.45, 2.75) is 25.7 Å². The molecule has 3 heterocycles. The molecular weight excluding hydrogens is 518 g/mol. The Morgan fingerprint density at radius 1 is 1.33 bits per heavy atom. The number of aromatic nitrogens is 4. The van der Waals surface area contributed by atoms with Crippen molar-refractivity contribution in [3.05, 3.63) is 61.7 Å². The molecule has 7 nitrogen and oxygen atoms in total. The molecular formula is C20H20FIN6OS. The number of thiol groups is 1. The minimum absolute atomic E-state index is 0.277. The van der Waals surface area contributed by atoms with Crippen molar-refractivity contribution < 1.29 is 9.13 Å². The topological polar surface area (TPSA) is 90.9 Å². The van der Waals surface area contributed by atoms with Crippen molar-refractivity contribution in [2.75, 3.05) is 18.2 Å². The van der Waals surface area contributed by atoms with Crippen molar-refractivity contribution in [1.29, 1.82) is 0 Å². The number of hydrogen-bond acceptors (Lipinski definition) is 7. The zero-order chi connectivity index (χ0) is 21.6. The lowest BCUT2D eigenvalue weighted by Crippen LogP contribution is -2.19. The minimum atomic E-state index is -0.395.